The zero-order valence-corrected chi connectivity index (χ0v) is 16.9. The van der Waals surface area contributed by atoms with Gasteiger partial charge < -0.3 is 10.1 Å². The molecule has 1 aromatic heterocycles. The maximum absolute atomic E-state index is 12.6. The zero-order valence-electron chi connectivity index (χ0n) is 16.0. The van der Waals surface area contributed by atoms with E-state index in [4.69, 9.17) is 4.74 Å². The van der Waals surface area contributed by atoms with Crippen LogP contribution >= 0.6 is 11.3 Å². The monoisotopic (exact) mass is 399 g/mol. The van der Waals surface area contributed by atoms with Crippen molar-refractivity contribution >= 4 is 17.2 Å². The van der Waals surface area contributed by atoms with Crippen molar-refractivity contribution in [2.24, 2.45) is 0 Å². The summed E-state index contributed by atoms with van der Waals surface area (Å²) in [5.74, 6) is 1.54. The second kappa shape index (κ2) is 8.76. The van der Waals surface area contributed by atoms with Crippen molar-refractivity contribution in [2.75, 3.05) is 0 Å². The van der Waals surface area contributed by atoms with Gasteiger partial charge in [-0.2, -0.15) is 0 Å². The Kier molecular flexibility index (Phi) is 5.73. The molecule has 0 aliphatic carbocycles. The fourth-order valence-corrected chi connectivity index (χ4v) is 3.93. The summed E-state index contributed by atoms with van der Waals surface area (Å²) in [6.07, 6.45) is 0. The molecule has 0 aliphatic heterocycles. The fraction of sp³-hybridized carbons (Fsp3) is 0.0800. The maximum atomic E-state index is 12.6. The van der Waals surface area contributed by atoms with Gasteiger partial charge in [0.15, 0.2) is 0 Å². The number of ether oxygens (including phenoxy) is 1. The highest BCUT2D eigenvalue weighted by molar-refractivity contribution is 7.17. The van der Waals surface area contributed by atoms with Crippen LogP contribution in [0.4, 0.5) is 0 Å². The van der Waals surface area contributed by atoms with E-state index >= 15 is 0 Å². The van der Waals surface area contributed by atoms with Crippen LogP contribution in [-0.2, 0) is 0 Å². The minimum absolute atomic E-state index is 0.0383. The molecule has 1 heterocycles. The standard InChI is InChI=1S/C25H21NO2S/c1-18(19-8-4-2-5-9-19)26-25(27)24-17-16-23(29-24)20-12-14-22(15-13-20)28-21-10-6-3-7-11-21/h2-18H,1H3,(H,26,27)/t18-/m0/s1. The summed E-state index contributed by atoms with van der Waals surface area (Å²) in [5.41, 5.74) is 2.15. The van der Waals surface area contributed by atoms with Crippen molar-refractivity contribution < 1.29 is 9.53 Å². The minimum Gasteiger partial charge on any atom is -0.457 e. The number of thiophene rings is 1. The molecular formula is C25H21NO2S. The van der Waals surface area contributed by atoms with Gasteiger partial charge >= 0.3 is 0 Å². The first-order valence-corrected chi connectivity index (χ1v) is 10.3. The van der Waals surface area contributed by atoms with Crippen molar-refractivity contribution in [1.29, 1.82) is 0 Å². The molecule has 0 fully saturated rings. The van der Waals surface area contributed by atoms with Crippen LogP contribution in [0.5, 0.6) is 11.5 Å². The molecule has 0 aliphatic rings. The Morgan fingerprint density at radius 2 is 1.41 bits per heavy atom. The molecule has 4 rings (SSSR count). The smallest absolute Gasteiger partial charge is 0.261 e. The lowest BCUT2D eigenvalue weighted by molar-refractivity contribution is 0.0944. The summed E-state index contributed by atoms with van der Waals surface area (Å²) in [6, 6.07) is 31.4. The zero-order chi connectivity index (χ0) is 20.1. The molecular weight excluding hydrogens is 378 g/mol. The van der Waals surface area contributed by atoms with Gasteiger partial charge in [0, 0.05) is 4.88 Å². The molecule has 4 heteroatoms. The number of amides is 1. The van der Waals surface area contributed by atoms with Gasteiger partial charge in [0.1, 0.15) is 11.5 Å². The highest BCUT2D eigenvalue weighted by Gasteiger charge is 2.14. The van der Waals surface area contributed by atoms with Crippen LogP contribution in [0.3, 0.4) is 0 Å². The maximum Gasteiger partial charge on any atom is 0.261 e. The topological polar surface area (TPSA) is 38.3 Å². The first-order chi connectivity index (χ1) is 14.2. The van der Waals surface area contributed by atoms with E-state index in [-0.39, 0.29) is 11.9 Å². The first kappa shape index (κ1) is 19.0. The lowest BCUT2D eigenvalue weighted by atomic mass is 10.1. The largest absolute Gasteiger partial charge is 0.457 e. The lowest BCUT2D eigenvalue weighted by Gasteiger charge is -2.13. The number of rotatable bonds is 6. The normalized spacial score (nSPS) is 11.6. The third-order valence-electron chi connectivity index (χ3n) is 4.59. The predicted molar refractivity (Wildman–Crippen MR) is 119 cm³/mol. The Bertz CT molecular complexity index is 1070. The van der Waals surface area contributed by atoms with E-state index in [1.165, 1.54) is 11.3 Å². The van der Waals surface area contributed by atoms with Crippen molar-refractivity contribution in [3.8, 4) is 21.9 Å². The van der Waals surface area contributed by atoms with Crippen molar-refractivity contribution in [1.82, 2.24) is 5.32 Å². The van der Waals surface area contributed by atoms with Gasteiger partial charge in [-0.25, -0.2) is 0 Å². The van der Waals surface area contributed by atoms with Gasteiger partial charge in [0.05, 0.1) is 10.9 Å². The van der Waals surface area contributed by atoms with Gasteiger partial charge in [-0.15, -0.1) is 11.3 Å². The minimum atomic E-state index is -0.0540. The summed E-state index contributed by atoms with van der Waals surface area (Å²) in [7, 11) is 0. The quantitative estimate of drug-likeness (QED) is 0.392. The summed E-state index contributed by atoms with van der Waals surface area (Å²) in [5, 5.41) is 3.07. The van der Waals surface area contributed by atoms with Gasteiger partial charge in [-0.1, -0.05) is 48.5 Å². The van der Waals surface area contributed by atoms with Crippen LogP contribution in [-0.4, -0.2) is 5.91 Å². The lowest BCUT2D eigenvalue weighted by Crippen LogP contribution is -2.25. The van der Waals surface area contributed by atoms with Crippen molar-refractivity contribution in [3.63, 3.8) is 0 Å². The molecule has 144 valence electrons. The molecule has 3 aromatic carbocycles. The number of hydrogen-bond acceptors (Lipinski definition) is 3. The Labute approximate surface area is 174 Å². The molecule has 0 unspecified atom stereocenters. The van der Waals surface area contributed by atoms with Gasteiger partial charge in [0.25, 0.3) is 5.91 Å². The molecule has 0 bridgehead atoms. The summed E-state index contributed by atoms with van der Waals surface area (Å²) < 4.78 is 5.84. The highest BCUT2D eigenvalue weighted by Crippen LogP contribution is 2.31. The predicted octanol–water partition coefficient (Wildman–Crippen LogP) is 6.70. The van der Waals surface area contributed by atoms with E-state index in [1.807, 2.05) is 104 Å². The Morgan fingerprint density at radius 1 is 0.793 bits per heavy atom. The second-order valence-corrected chi connectivity index (χ2v) is 7.79. The Balaban J connectivity index is 1.42. The number of hydrogen-bond donors (Lipinski definition) is 1. The summed E-state index contributed by atoms with van der Waals surface area (Å²) >= 11 is 1.49. The molecule has 29 heavy (non-hydrogen) atoms. The molecule has 1 N–H and O–H groups in total. The average molecular weight is 400 g/mol. The fourth-order valence-electron chi connectivity index (χ4n) is 3.02. The van der Waals surface area contributed by atoms with Gasteiger partial charge in [0.2, 0.25) is 0 Å². The number of carbonyl (C=O) groups excluding carboxylic acids is 1. The molecule has 3 nitrogen and oxygen atoms in total. The molecule has 1 atom stereocenters. The van der Waals surface area contributed by atoms with E-state index < -0.39 is 0 Å². The molecule has 0 saturated heterocycles. The van der Waals surface area contributed by atoms with E-state index in [0.717, 1.165) is 27.5 Å². The number of benzene rings is 3. The van der Waals surface area contributed by atoms with Gasteiger partial charge in [-0.05, 0) is 66.6 Å². The van der Waals surface area contributed by atoms with Crippen LogP contribution in [0.1, 0.15) is 28.2 Å². The number of carbonyl (C=O) groups is 1. The molecule has 4 aromatic rings. The summed E-state index contributed by atoms with van der Waals surface area (Å²) in [6.45, 7) is 1.99. The van der Waals surface area contributed by atoms with Gasteiger partial charge in [-0.3, -0.25) is 4.79 Å². The van der Waals surface area contributed by atoms with Crippen LogP contribution in [0.2, 0.25) is 0 Å². The van der Waals surface area contributed by atoms with E-state index in [2.05, 4.69) is 5.32 Å². The molecule has 0 spiro atoms. The molecule has 0 radical (unpaired) electrons. The number of para-hydroxylation sites is 1. The van der Waals surface area contributed by atoms with E-state index in [9.17, 15) is 4.79 Å². The van der Waals surface area contributed by atoms with Crippen LogP contribution in [0, 0.1) is 0 Å². The Morgan fingerprint density at radius 3 is 2.10 bits per heavy atom. The number of nitrogens with one attached hydrogen (secondary N) is 1. The third-order valence-corrected chi connectivity index (χ3v) is 5.73. The average Bonchev–Trinajstić information content (AvgIpc) is 3.26. The summed E-state index contributed by atoms with van der Waals surface area (Å²) in [4.78, 5) is 14.4. The van der Waals surface area contributed by atoms with Crippen molar-refractivity contribution in [3.05, 3.63) is 108 Å². The SMILES string of the molecule is C[C@H](NC(=O)c1ccc(-c2ccc(Oc3ccccc3)cc2)s1)c1ccccc1. The Hall–Kier alpha value is -3.37. The van der Waals surface area contributed by atoms with Crippen LogP contribution in [0.25, 0.3) is 10.4 Å². The molecule has 0 saturated carbocycles. The van der Waals surface area contributed by atoms with E-state index in [1.54, 1.807) is 0 Å². The van der Waals surface area contributed by atoms with E-state index in [0.29, 0.717) is 4.88 Å². The second-order valence-electron chi connectivity index (χ2n) is 6.71. The third kappa shape index (κ3) is 4.73. The van der Waals surface area contributed by atoms with Crippen LogP contribution < -0.4 is 10.1 Å². The highest BCUT2D eigenvalue weighted by atomic mass is 32.1. The van der Waals surface area contributed by atoms with Crippen LogP contribution in [0.15, 0.2) is 97.1 Å². The van der Waals surface area contributed by atoms with Crippen molar-refractivity contribution in [2.45, 2.75) is 13.0 Å². The first-order valence-electron chi connectivity index (χ1n) is 9.48. The molecule has 1 amide bonds.